The molecule has 0 saturated carbocycles. The van der Waals surface area contributed by atoms with E-state index in [0.717, 1.165) is 67.4 Å². The lowest BCUT2D eigenvalue weighted by atomic mass is 9.98. The van der Waals surface area contributed by atoms with E-state index < -0.39 is 0 Å². The molecule has 5 nitrogen and oxygen atoms in total. The highest BCUT2D eigenvalue weighted by atomic mass is 16.3. The number of benzene rings is 3. The molecule has 40 heavy (non-hydrogen) atoms. The zero-order valence-corrected chi connectivity index (χ0v) is 21.4. The molecule has 0 unspecified atom stereocenters. The van der Waals surface area contributed by atoms with Gasteiger partial charge in [-0.25, -0.2) is 4.98 Å². The minimum absolute atomic E-state index is 0.810. The summed E-state index contributed by atoms with van der Waals surface area (Å²) in [5.41, 5.74) is 11.5. The van der Waals surface area contributed by atoms with E-state index >= 15 is 0 Å². The monoisotopic (exact) mass is 514 g/mol. The van der Waals surface area contributed by atoms with Gasteiger partial charge in [-0.1, -0.05) is 66.7 Å². The van der Waals surface area contributed by atoms with Crippen LogP contribution in [0, 0.1) is 0 Å². The molecule has 188 valence electrons. The minimum Gasteiger partial charge on any atom is -0.438 e. The van der Waals surface area contributed by atoms with Crippen LogP contribution in [0.4, 0.5) is 0 Å². The highest BCUT2D eigenvalue weighted by Crippen LogP contribution is 2.40. The standard InChI is InChI=1S/C35H22N4O/c1-2-12-31-26(9-1)34(35-39(31)32-13-3-4-14-33(32)40-35)24-17-15-23(16-18-24)25-21-29(27-10-5-7-19-36-27)38-30(22-25)28-11-6-8-20-37-28/h1-22H. The van der Waals surface area contributed by atoms with Crippen LogP contribution in [0.5, 0.6) is 0 Å². The number of fused-ring (bicyclic) bond motifs is 5. The van der Waals surface area contributed by atoms with Crippen molar-refractivity contribution in [1.29, 1.82) is 0 Å². The zero-order chi connectivity index (χ0) is 26.5. The fourth-order valence-corrected chi connectivity index (χ4v) is 5.48. The Morgan fingerprint density at radius 1 is 0.500 bits per heavy atom. The second-order valence-electron chi connectivity index (χ2n) is 9.74. The molecule has 0 aliphatic rings. The molecule has 0 radical (unpaired) electrons. The van der Waals surface area contributed by atoms with Crippen molar-refractivity contribution in [3.63, 3.8) is 0 Å². The highest BCUT2D eigenvalue weighted by molar-refractivity contribution is 6.07. The molecule has 0 bridgehead atoms. The van der Waals surface area contributed by atoms with Crippen molar-refractivity contribution < 1.29 is 4.42 Å². The van der Waals surface area contributed by atoms with Gasteiger partial charge in [0.2, 0.25) is 5.71 Å². The van der Waals surface area contributed by atoms with Crippen LogP contribution in [-0.2, 0) is 0 Å². The lowest BCUT2D eigenvalue weighted by Crippen LogP contribution is -1.93. The number of rotatable bonds is 4. The van der Waals surface area contributed by atoms with Crippen molar-refractivity contribution >= 4 is 27.7 Å². The Morgan fingerprint density at radius 2 is 1.10 bits per heavy atom. The van der Waals surface area contributed by atoms with Gasteiger partial charge >= 0.3 is 0 Å². The van der Waals surface area contributed by atoms with Crippen LogP contribution in [0.25, 0.3) is 72.7 Å². The lowest BCUT2D eigenvalue weighted by Gasteiger charge is -2.10. The molecule has 3 aromatic carbocycles. The third-order valence-electron chi connectivity index (χ3n) is 7.33. The molecule has 8 rings (SSSR count). The van der Waals surface area contributed by atoms with Gasteiger partial charge in [0.25, 0.3) is 0 Å². The first-order chi connectivity index (χ1) is 19.8. The molecule has 5 heterocycles. The number of para-hydroxylation sites is 3. The fourth-order valence-electron chi connectivity index (χ4n) is 5.48. The number of oxazole rings is 1. The maximum Gasteiger partial charge on any atom is 0.213 e. The third kappa shape index (κ3) is 3.60. The van der Waals surface area contributed by atoms with Gasteiger partial charge in [0.1, 0.15) is 0 Å². The van der Waals surface area contributed by atoms with Crippen LogP contribution < -0.4 is 0 Å². The minimum atomic E-state index is 0.810. The van der Waals surface area contributed by atoms with E-state index in [0.29, 0.717) is 0 Å². The van der Waals surface area contributed by atoms with Gasteiger partial charge in [-0.05, 0) is 71.3 Å². The Labute approximate surface area is 230 Å². The van der Waals surface area contributed by atoms with Crippen LogP contribution in [0.2, 0.25) is 0 Å². The number of pyridine rings is 3. The van der Waals surface area contributed by atoms with Crippen LogP contribution in [-0.4, -0.2) is 19.4 Å². The van der Waals surface area contributed by atoms with Crippen LogP contribution in [0.3, 0.4) is 0 Å². The SMILES string of the molecule is c1ccc(-c2cc(-c3ccc(-c4c5ccccc5n5c4oc4ccccc45)cc3)cc(-c3ccccn3)n2)nc1. The van der Waals surface area contributed by atoms with E-state index in [4.69, 9.17) is 9.40 Å². The van der Waals surface area contributed by atoms with Crippen molar-refractivity contribution in [3.05, 3.63) is 134 Å². The van der Waals surface area contributed by atoms with Gasteiger partial charge in [-0.15, -0.1) is 0 Å². The second-order valence-corrected chi connectivity index (χ2v) is 9.74. The average molecular weight is 515 g/mol. The van der Waals surface area contributed by atoms with E-state index in [1.807, 2.05) is 54.6 Å². The largest absolute Gasteiger partial charge is 0.438 e. The van der Waals surface area contributed by atoms with Crippen molar-refractivity contribution in [3.8, 4) is 45.0 Å². The summed E-state index contributed by atoms with van der Waals surface area (Å²) < 4.78 is 8.63. The maximum absolute atomic E-state index is 6.41. The van der Waals surface area contributed by atoms with Gasteiger partial charge in [-0.2, -0.15) is 0 Å². The van der Waals surface area contributed by atoms with Crippen molar-refractivity contribution in [2.75, 3.05) is 0 Å². The molecule has 0 N–H and O–H groups in total. The topological polar surface area (TPSA) is 56.2 Å². The summed E-state index contributed by atoms with van der Waals surface area (Å²) in [5.74, 6) is 0. The predicted molar refractivity (Wildman–Crippen MR) is 160 cm³/mol. The summed E-state index contributed by atoms with van der Waals surface area (Å²) in [7, 11) is 0. The Kier molecular flexibility index (Phi) is 5.07. The molecule has 5 heteroatoms. The Hall–Kier alpha value is -5.55. The normalized spacial score (nSPS) is 11.5. The van der Waals surface area contributed by atoms with Crippen LogP contribution in [0.1, 0.15) is 0 Å². The summed E-state index contributed by atoms with van der Waals surface area (Å²) in [6.45, 7) is 0. The van der Waals surface area contributed by atoms with Crippen molar-refractivity contribution in [1.82, 2.24) is 19.4 Å². The van der Waals surface area contributed by atoms with Gasteiger partial charge in [0.15, 0.2) is 5.58 Å². The van der Waals surface area contributed by atoms with Crippen molar-refractivity contribution in [2.24, 2.45) is 0 Å². The van der Waals surface area contributed by atoms with Gasteiger partial charge in [-0.3, -0.25) is 14.4 Å². The fraction of sp³-hybridized carbons (Fsp3) is 0. The molecule has 0 spiro atoms. The third-order valence-corrected chi connectivity index (χ3v) is 7.33. The quantitative estimate of drug-likeness (QED) is 0.236. The summed E-state index contributed by atoms with van der Waals surface area (Å²) in [6, 6.07) is 41.3. The smallest absolute Gasteiger partial charge is 0.213 e. The van der Waals surface area contributed by atoms with Gasteiger partial charge < -0.3 is 4.42 Å². The summed E-state index contributed by atoms with van der Waals surface area (Å²) in [4.78, 5) is 14.0. The summed E-state index contributed by atoms with van der Waals surface area (Å²) in [6.07, 6.45) is 3.58. The first-order valence-corrected chi connectivity index (χ1v) is 13.2. The molecular formula is C35H22N4O. The zero-order valence-electron chi connectivity index (χ0n) is 21.4. The Balaban J connectivity index is 1.28. The summed E-state index contributed by atoms with van der Waals surface area (Å²) in [5, 5.41) is 1.17. The number of hydrogen-bond donors (Lipinski definition) is 0. The molecule has 0 saturated heterocycles. The molecule has 0 amide bonds. The number of hydrogen-bond acceptors (Lipinski definition) is 4. The summed E-state index contributed by atoms with van der Waals surface area (Å²) >= 11 is 0. The maximum atomic E-state index is 6.41. The molecule has 0 atom stereocenters. The van der Waals surface area contributed by atoms with Gasteiger partial charge in [0, 0.05) is 17.8 Å². The van der Waals surface area contributed by atoms with E-state index in [9.17, 15) is 0 Å². The molecule has 8 aromatic rings. The average Bonchev–Trinajstić information content (AvgIpc) is 3.56. The van der Waals surface area contributed by atoms with E-state index in [2.05, 4.69) is 81.1 Å². The van der Waals surface area contributed by atoms with Gasteiger partial charge in [0.05, 0.1) is 39.4 Å². The Bertz CT molecular complexity index is 2090. The van der Waals surface area contributed by atoms with Crippen LogP contribution >= 0.6 is 0 Å². The number of aromatic nitrogens is 4. The molecule has 5 aromatic heterocycles. The first kappa shape index (κ1) is 22.4. The van der Waals surface area contributed by atoms with E-state index in [1.165, 1.54) is 5.39 Å². The van der Waals surface area contributed by atoms with E-state index in [1.54, 1.807) is 12.4 Å². The van der Waals surface area contributed by atoms with Crippen LogP contribution in [0.15, 0.2) is 138 Å². The molecule has 0 fully saturated rings. The second kappa shape index (κ2) is 9.03. The van der Waals surface area contributed by atoms with Crippen molar-refractivity contribution in [2.45, 2.75) is 0 Å². The molecule has 0 aliphatic carbocycles. The Morgan fingerprint density at radius 3 is 1.77 bits per heavy atom. The number of nitrogens with zero attached hydrogens (tertiary/aromatic N) is 4. The molecular weight excluding hydrogens is 492 g/mol. The predicted octanol–water partition coefficient (Wildman–Crippen LogP) is 8.69. The molecule has 0 aliphatic heterocycles. The van der Waals surface area contributed by atoms with E-state index in [-0.39, 0.29) is 0 Å². The highest BCUT2D eigenvalue weighted by Gasteiger charge is 2.19. The lowest BCUT2D eigenvalue weighted by molar-refractivity contribution is 0.658. The first-order valence-electron chi connectivity index (χ1n) is 13.2.